The van der Waals surface area contributed by atoms with Gasteiger partial charge in [-0.15, -0.1) is 0 Å². The molecule has 6 nitrogen and oxygen atoms in total. The van der Waals surface area contributed by atoms with Crippen LogP contribution < -0.4 is 15.0 Å². The highest BCUT2D eigenvalue weighted by atomic mass is 16.5. The summed E-state index contributed by atoms with van der Waals surface area (Å²) in [6.45, 7) is 4.27. The predicted octanol–water partition coefficient (Wildman–Crippen LogP) is 1.01. The van der Waals surface area contributed by atoms with Crippen LogP contribution in [0.3, 0.4) is 0 Å². The van der Waals surface area contributed by atoms with Crippen molar-refractivity contribution in [3.05, 3.63) is 24.3 Å². The molecule has 1 saturated heterocycles. The van der Waals surface area contributed by atoms with Gasteiger partial charge in [0.15, 0.2) is 0 Å². The molecule has 0 aromatic heterocycles. The smallest absolute Gasteiger partial charge is 0.245 e. The number of likely N-dealkylation sites (N-methyl/N-ethyl adjacent to an activating group) is 2. The van der Waals surface area contributed by atoms with E-state index in [1.807, 2.05) is 18.2 Å². The van der Waals surface area contributed by atoms with E-state index in [9.17, 15) is 9.59 Å². The van der Waals surface area contributed by atoms with Gasteiger partial charge in [-0.3, -0.25) is 9.59 Å². The topological polar surface area (TPSA) is 61.9 Å². The van der Waals surface area contributed by atoms with E-state index in [4.69, 9.17) is 4.74 Å². The average molecular weight is 317 g/mol. The van der Waals surface area contributed by atoms with Crippen molar-refractivity contribution in [2.75, 3.05) is 31.6 Å². The number of rotatable bonds is 4. The molecule has 2 atom stereocenters. The van der Waals surface area contributed by atoms with E-state index >= 15 is 0 Å². The number of ether oxygens (including phenoxy) is 1. The third-order valence-electron chi connectivity index (χ3n) is 4.45. The summed E-state index contributed by atoms with van der Waals surface area (Å²) in [5, 5.41) is 2.73. The van der Waals surface area contributed by atoms with Gasteiger partial charge in [0.05, 0.1) is 18.8 Å². The first-order valence-corrected chi connectivity index (χ1v) is 8.13. The van der Waals surface area contributed by atoms with Crippen LogP contribution in [-0.4, -0.2) is 55.5 Å². The number of carbonyl (C=O) groups excluding carboxylic acids is 2. The van der Waals surface area contributed by atoms with Gasteiger partial charge in [0.2, 0.25) is 11.8 Å². The second kappa shape index (κ2) is 6.48. The molecule has 1 aromatic carbocycles. The minimum atomic E-state index is -0.384. The molecule has 0 saturated carbocycles. The molecule has 1 fully saturated rings. The molecule has 2 heterocycles. The quantitative estimate of drug-likeness (QED) is 0.900. The summed E-state index contributed by atoms with van der Waals surface area (Å²) in [6, 6.07) is 7.59. The number of fused-ring (bicyclic) bond motifs is 1. The standard InChI is InChI=1S/C17H23N3O3/c1-3-20-11-12(23-15-7-5-4-6-14(15)20)10-19(2)17(22)13-8-9-16(21)18-13/h4-7,12-13H,3,8-11H2,1-2H3,(H,18,21). The number of benzene rings is 1. The summed E-state index contributed by atoms with van der Waals surface area (Å²) >= 11 is 0. The highest BCUT2D eigenvalue weighted by Crippen LogP contribution is 2.32. The van der Waals surface area contributed by atoms with Gasteiger partial charge in [0, 0.05) is 20.0 Å². The summed E-state index contributed by atoms with van der Waals surface area (Å²) in [5.41, 5.74) is 1.10. The fraction of sp³-hybridized carbons (Fsp3) is 0.529. The Labute approximate surface area is 136 Å². The first-order chi connectivity index (χ1) is 11.1. The average Bonchev–Trinajstić information content (AvgIpc) is 2.99. The highest BCUT2D eigenvalue weighted by molar-refractivity contribution is 5.90. The number of hydrogen-bond donors (Lipinski definition) is 1. The molecule has 0 aliphatic carbocycles. The molecule has 2 aliphatic rings. The fourth-order valence-corrected chi connectivity index (χ4v) is 3.23. The van der Waals surface area contributed by atoms with Gasteiger partial charge in [-0.05, 0) is 25.5 Å². The lowest BCUT2D eigenvalue weighted by Crippen LogP contribution is -2.50. The Bertz CT molecular complexity index is 605. The second-order valence-electron chi connectivity index (χ2n) is 6.12. The minimum absolute atomic E-state index is 0.0404. The van der Waals surface area contributed by atoms with Gasteiger partial charge >= 0.3 is 0 Å². The van der Waals surface area contributed by atoms with Crippen molar-refractivity contribution in [1.82, 2.24) is 10.2 Å². The molecule has 0 bridgehead atoms. The zero-order valence-corrected chi connectivity index (χ0v) is 13.6. The lowest BCUT2D eigenvalue weighted by atomic mass is 10.1. The zero-order chi connectivity index (χ0) is 16.4. The van der Waals surface area contributed by atoms with Crippen LogP contribution >= 0.6 is 0 Å². The Morgan fingerprint density at radius 3 is 2.91 bits per heavy atom. The second-order valence-corrected chi connectivity index (χ2v) is 6.12. The van der Waals surface area contributed by atoms with Crippen molar-refractivity contribution in [3.8, 4) is 5.75 Å². The van der Waals surface area contributed by atoms with E-state index in [0.29, 0.717) is 19.4 Å². The lowest BCUT2D eigenvalue weighted by Gasteiger charge is -2.37. The van der Waals surface area contributed by atoms with Crippen LogP contribution in [0, 0.1) is 0 Å². The number of hydrogen-bond acceptors (Lipinski definition) is 4. The van der Waals surface area contributed by atoms with Crippen LogP contribution in [0.1, 0.15) is 19.8 Å². The Balaban J connectivity index is 1.64. The molecule has 1 aromatic rings. The summed E-state index contributed by atoms with van der Waals surface area (Å²) in [6.07, 6.45) is 0.939. The molecule has 0 spiro atoms. The van der Waals surface area contributed by atoms with Gasteiger partial charge in [-0.1, -0.05) is 12.1 Å². The minimum Gasteiger partial charge on any atom is -0.485 e. The summed E-state index contributed by atoms with van der Waals surface area (Å²) in [5.74, 6) is 0.777. The maximum absolute atomic E-state index is 12.4. The monoisotopic (exact) mass is 317 g/mol. The molecule has 1 N–H and O–H groups in total. The van der Waals surface area contributed by atoms with E-state index in [1.54, 1.807) is 11.9 Å². The van der Waals surface area contributed by atoms with Crippen molar-refractivity contribution in [2.24, 2.45) is 0 Å². The van der Waals surface area contributed by atoms with Crippen molar-refractivity contribution in [3.63, 3.8) is 0 Å². The lowest BCUT2D eigenvalue weighted by molar-refractivity contribution is -0.134. The SMILES string of the molecule is CCN1CC(CN(C)C(=O)C2CCC(=O)N2)Oc2ccccc21. The molecule has 2 unspecified atom stereocenters. The number of para-hydroxylation sites is 2. The first-order valence-electron chi connectivity index (χ1n) is 8.13. The van der Waals surface area contributed by atoms with Gasteiger partial charge < -0.3 is 19.9 Å². The van der Waals surface area contributed by atoms with E-state index in [1.165, 1.54) is 0 Å². The Hall–Kier alpha value is -2.24. The largest absolute Gasteiger partial charge is 0.485 e. The molecule has 3 rings (SSSR count). The molecule has 23 heavy (non-hydrogen) atoms. The van der Waals surface area contributed by atoms with Gasteiger partial charge in [-0.2, -0.15) is 0 Å². The number of nitrogens with zero attached hydrogens (tertiary/aromatic N) is 2. The fourth-order valence-electron chi connectivity index (χ4n) is 3.23. The number of carbonyl (C=O) groups is 2. The van der Waals surface area contributed by atoms with E-state index < -0.39 is 0 Å². The van der Waals surface area contributed by atoms with Crippen LogP contribution in [0.4, 0.5) is 5.69 Å². The van der Waals surface area contributed by atoms with Gasteiger partial charge in [0.1, 0.15) is 17.9 Å². The molecule has 6 heteroatoms. The molecular formula is C17H23N3O3. The van der Waals surface area contributed by atoms with Crippen molar-refractivity contribution in [2.45, 2.75) is 31.9 Å². The van der Waals surface area contributed by atoms with Crippen LogP contribution in [0.15, 0.2) is 24.3 Å². The number of nitrogens with one attached hydrogen (secondary N) is 1. The maximum Gasteiger partial charge on any atom is 0.245 e. The van der Waals surface area contributed by atoms with Crippen molar-refractivity contribution >= 4 is 17.5 Å². The molecule has 124 valence electrons. The van der Waals surface area contributed by atoms with Gasteiger partial charge in [-0.25, -0.2) is 0 Å². The van der Waals surface area contributed by atoms with E-state index in [0.717, 1.165) is 24.5 Å². The Kier molecular flexibility index (Phi) is 4.41. The predicted molar refractivity (Wildman–Crippen MR) is 87.5 cm³/mol. The van der Waals surface area contributed by atoms with Crippen molar-refractivity contribution in [1.29, 1.82) is 0 Å². The van der Waals surface area contributed by atoms with Crippen LogP contribution in [-0.2, 0) is 9.59 Å². The summed E-state index contributed by atoms with van der Waals surface area (Å²) < 4.78 is 6.05. The summed E-state index contributed by atoms with van der Waals surface area (Å²) in [7, 11) is 1.77. The normalized spacial score (nSPS) is 23.0. The maximum atomic E-state index is 12.4. The zero-order valence-electron chi connectivity index (χ0n) is 13.6. The van der Waals surface area contributed by atoms with Crippen LogP contribution in [0.2, 0.25) is 0 Å². The van der Waals surface area contributed by atoms with Gasteiger partial charge in [0.25, 0.3) is 0 Å². The molecule has 0 radical (unpaired) electrons. The van der Waals surface area contributed by atoms with Crippen molar-refractivity contribution < 1.29 is 14.3 Å². The van der Waals surface area contributed by atoms with Crippen LogP contribution in [0.5, 0.6) is 5.75 Å². The number of amides is 2. The Morgan fingerprint density at radius 2 is 2.22 bits per heavy atom. The Morgan fingerprint density at radius 1 is 1.43 bits per heavy atom. The third kappa shape index (κ3) is 3.25. The van der Waals surface area contributed by atoms with E-state index in [2.05, 4.69) is 23.2 Å². The molecular weight excluding hydrogens is 294 g/mol. The van der Waals surface area contributed by atoms with Crippen LogP contribution in [0.25, 0.3) is 0 Å². The number of anilines is 1. The first kappa shape index (κ1) is 15.6. The third-order valence-corrected chi connectivity index (χ3v) is 4.45. The summed E-state index contributed by atoms with van der Waals surface area (Å²) in [4.78, 5) is 27.6. The molecule has 2 amide bonds. The van der Waals surface area contributed by atoms with E-state index in [-0.39, 0.29) is 24.0 Å². The molecule has 2 aliphatic heterocycles. The highest BCUT2D eigenvalue weighted by Gasteiger charge is 2.32.